The molecule has 7 N–H and O–H groups in total. The molecule has 25 heteroatoms. The molecule has 1 aliphatic rings. The number of Topliss-reactive ketones (excluding diaryl/α,β-unsaturated/α-hetero) is 1. The van der Waals surface area contributed by atoms with Crippen molar-refractivity contribution in [2.75, 3.05) is 32.9 Å². The number of amides is 1. The normalized spacial score (nSPS) is 20.0. The molecule has 1 fully saturated rings. The quantitative estimate of drug-likeness (QED) is 0.0241. The first-order valence-corrected chi connectivity index (χ1v) is 24.4. The van der Waals surface area contributed by atoms with Gasteiger partial charge in [-0.05, 0) is 63.1 Å². The topological polar surface area (TPSA) is 313 Å². The molecule has 0 aliphatic carbocycles. The van der Waals surface area contributed by atoms with Crippen LogP contribution >= 0.6 is 31.2 Å². The Morgan fingerprint density at radius 1 is 0.807 bits per heavy atom. The Morgan fingerprint density at radius 2 is 1.47 bits per heavy atom. The van der Waals surface area contributed by atoms with Crippen molar-refractivity contribution in [1.82, 2.24) is 10.4 Å². The highest BCUT2D eigenvalue weighted by atomic mass is 31.3. The van der Waals surface area contributed by atoms with Gasteiger partial charge in [-0.25, -0.2) is 28.1 Å². The van der Waals surface area contributed by atoms with Gasteiger partial charge in [0, 0.05) is 37.9 Å². The Morgan fingerprint density at radius 3 is 2.18 bits per heavy atom. The number of aliphatic hydroxyl groups is 1. The molecule has 21 nitrogen and oxygen atoms in total. The molecule has 1 saturated heterocycles. The molecule has 0 spiro atoms. The lowest BCUT2D eigenvalue weighted by molar-refractivity contribution is -0.122. The van der Waals surface area contributed by atoms with Crippen molar-refractivity contribution >= 4 is 53.9 Å². The monoisotopic (exact) mass is 892 g/mol. The average Bonchev–Trinajstić information content (AvgIpc) is 3.53. The fourth-order valence-electron chi connectivity index (χ4n) is 5.50. The van der Waals surface area contributed by atoms with E-state index in [1.807, 2.05) is 5.09 Å². The van der Waals surface area contributed by atoms with E-state index in [4.69, 9.17) is 13.9 Å². The van der Waals surface area contributed by atoms with Crippen LogP contribution < -0.4 is 16.0 Å². The molecule has 324 valence electrons. The average molecular weight is 893 g/mol. The number of unbranched alkanes of at least 4 members (excludes halogenated alkanes) is 6. The molecular weight excluding hydrogens is 840 g/mol. The minimum Gasteiger partial charge on any atom is -0.422 e. The lowest BCUT2D eigenvalue weighted by Gasteiger charge is -2.20. The molecule has 0 radical (unpaired) electrons. The minimum absolute atomic E-state index is 0.00903. The van der Waals surface area contributed by atoms with Gasteiger partial charge in [-0.2, -0.15) is 12.9 Å². The predicted octanol–water partition coefficient (Wildman–Crippen LogP) is 5.13. The van der Waals surface area contributed by atoms with Gasteiger partial charge in [0.15, 0.2) is 5.78 Å². The molecule has 4 unspecified atom stereocenters. The number of nitrogens with one attached hydrogen (secondary N) is 2. The van der Waals surface area contributed by atoms with Crippen LogP contribution in [-0.2, 0) is 56.6 Å². The zero-order chi connectivity index (χ0) is 42.1. The van der Waals surface area contributed by atoms with Gasteiger partial charge in [0.05, 0.1) is 32.0 Å². The lowest BCUT2D eigenvalue weighted by Crippen LogP contribution is -2.25. The summed E-state index contributed by atoms with van der Waals surface area (Å²) in [6.07, 6.45) is 5.67. The van der Waals surface area contributed by atoms with Crippen molar-refractivity contribution in [3.63, 3.8) is 0 Å². The number of ketones is 1. The fraction of sp³-hybridized carbons (Fsp3) is 0.656. The number of hydrogen-bond acceptors (Lipinski definition) is 15. The number of rotatable bonds is 29. The van der Waals surface area contributed by atoms with Crippen LogP contribution in [0, 0.1) is 0 Å². The molecule has 1 amide bonds. The summed E-state index contributed by atoms with van der Waals surface area (Å²) in [6.45, 7) is 2.00. The Balaban J connectivity index is 1.16. The van der Waals surface area contributed by atoms with Gasteiger partial charge < -0.3 is 43.9 Å². The number of hydrogen-bond donors (Lipinski definition) is 7. The van der Waals surface area contributed by atoms with E-state index in [-0.39, 0.29) is 56.0 Å². The van der Waals surface area contributed by atoms with Gasteiger partial charge in [-0.3, -0.25) is 14.1 Å². The van der Waals surface area contributed by atoms with E-state index in [0.717, 1.165) is 6.42 Å². The Bertz CT molecular complexity index is 1880. The van der Waals surface area contributed by atoms with Gasteiger partial charge in [-0.1, -0.05) is 37.8 Å². The molecule has 0 bridgehead atoms. The largest absolute Gasteiger partial charge is 0.490 e. The predicted molar refractivity (Wildman–Crippen MR) is 203 cm³/mol. The van der Waals surface area contributed by atoms with E-state index in [2.05, 4.69) is 22.8 Å². The van der Waals surface area contributed by atoms with Crippen molar-refractivity contribution in [2.24, 2.45) is 0 Å². The van der Waals surface area contributed by atoms with Crippen molar-refractivity contribution in [3.8, 4) is 0 Å². The summed E-state index contributed by atoms with van der Waals surface area (Å²) in [6, 6.07) is 6.43. The molecule has 2 aromatic rings. The number of fused-ring (bicyclic) bond motifs is 1. The standard InChI is InChI=1S/C32H52N2O19P4/c1-24-11-14-27(49-24)23-48-55(41,42)52-57(45,46)53-56(43,44)51-54(39,40)34-17-8-4-2-3-7-16-33-31(37)15-19-47-18-9-5-6-10-29(36)28-21-26-13-12-25(22-35)20-30(26)50-32(28)38/h12-13,20-21,24,27,35H,2-11,14-19,22-23H2,1H3,(H,33,37)(H,41,42)(H,43,44)(H,45,46)(H2,34,39,40)/t24-,27-/m0/s1. The van der Waals surface area contributed by atoms with Crippen LogP contribution in [0.1, 0.15) is 99.9 Å². The van der Waals surface area contributed by atoms with Crippen molar-refractivity contribution in [2.45, 2.75) is 103 Å². The van der Waals surface area contributed by atoms with E-state index < -0.39 is 49.6 Å². The SMILES string of the molecule is C[C@H]1CC[C@@H](COP(=O)(O)OP(=O)(O)OP(=O)(O)OP(=O)(O)NCCCCCCCNC(=O)CCOCCCCCC(=O)c2cc3ccc(CO)cc3oc2=O)O1. The Labute approximate surface area is 329 Å². The summed E-state index contributed by atoms with van der Waals surface area (Å²) in [4.78, 5) is 75.7. The number of phosphoric acid groups is 3. The van der Waals surface area contributed by atoms with Crippen molar-refractivity contribution in [1.29, 1.82) is 0 Å². The summed E-state index contributed by atoms with van der Waals surface area (Å²) in [5.41, 5.74) is 0.178. The first kappa shape index (κ1) is 49.4. The molecular formula is C32H52N2O19P4. The van der Waals surface area contributed by atoms with E-state index in [1.54, 1.807) is 25.1 Å². The smallest absolute Gasteiger partial charge is 0.422 e. The molecule has 0 saturated carbocycles. The Kier molecular flexibility index (Phi) is 20.5. The maximum absolute atomic E-state index is 12.6. The number of phosphoric ester groups is 1. The van der Waals surface area contributed by atoms with Crippen LogP contribution in [-0.4, -0.2) is 81.5 Å². The second-order valence-corrected chi connectivity index (χ2v) is 19.6. The third-order valence-corrected chi connectivity index (χ3v) is 14.4. The number of carbonyl (C=O) groups is 2. The maximum Gasteiger partial charge on any atom is 0.490 e. The zero-order valence-corrected chi connectivity index (χ0v) is 35.0. The molecule has 2 heterocycles. The van der Waals surface area contributed by atoms with Crippen LogP contribution in [0.3, 0.4) is 0 Å². The van der Waals surface area contributed by atoms with Gasteiger partial charge in [0.25, 0.3) is 0 Å². The van der Waals surface area contributed by atoms with Crippen LogP contribution in [0.25, 0.3) is 11.0 Å². The first-order valence-electron chi connectivity index (χ1n) is 18.3. The lowest BCUT2D eigenvalue weighted by atomic mass is 10.0. The van der Waals surface area contributed by atoms with Gasteiger partial charge in [0.1, 0.15) is 11.1 Å². The highest BCUT2D eigenvalue weighted by Crippen LogP contribution is 2.70. The van der Waals surface area contributed by atoms with Crippen LogP contribution in [0.5, 0.6) is 0 Å². The van der Waals surface area contributed by atoms with Crippen molar-refractivity contribution in [3.05, 3.63) is 45.8 Å². The summed E-state index contributed by atoms with van der Waals surface area (Å²) in [5, 5.41) is 14.6. The number of aliphatic hydroxyl groups excluding tert-OH is 1. The van der Waals surface area contributed by atoms with E-state index in [0.29, 0.717) is 87.5 Å². The van der Waals surface area contributed by atoms with E-state index in [1.165, 1.54) is 6.07 Å². The highest BCUT2D eigenvalue weighted by Gasteiger charge is 2.45. The molecule has 6 atom stereocenters. The number of ether oxygens (including phenoxy) is 2. The minimum atomic E-state index is -5.81. The number of benzene rings is 1. The summed E-state index contributed by atoms with van der Waals surface area (Å²) in [5.74, 6) is -0.488. The first-order chi connectivity index (χ1) is 26.8. The fourth-order valence-corrected chi connectivity index (χ4v) is 10.7. The molecule has 3 rings (SSSR count). The maximum atomic E-state index is 12.6. The third kappa shape index (κ3) is 19.7. The van der Waals surface area contributed by atoms with E-state index in [9.17, 15) is 57.3 Å². The molecule has 1 aliphatic heterocycles. The molecule has 1 aromatic heterocycles. The van der Waals surface area contributed by atoms with Crippen LogP contribution in [0.2, 0.25) is 0 Å². The second-order valence-electron chi connectivity index (χ2n) is 13.2. The van der Waals surface area contributed by atoms with Gasteiger partial charge >= 0.3 is 36.8 Å². The number of carbonyl (C=O) groups excluding carboxylic acids is 2. The van der Waals surface area contributed by atoms with Gasteiger partial charge in [-0.15, -0.1) is 0 Å². The summed E-state index contributed by atoms with van der Waals surface area (Å²) < 4.78 is 80.9. The summed E-state index contributed by atoms with van der Waals surface area (Å²) in [7, 11) is -21.9. The highest BCUT2D eigenvalue weighted by molar-refractivity contribution is 7.70. The van der Waals surface area contributed by atoms with Crippen molar-refractivity contribution < 1.29 is 83.9 Å². The van der Waals surface area contributed by atoms with Gasteiger partial charge in [0.2, 0.25) is 5.91 Å². The third-order valence-electron chi connectivity index (χ3n) is 8.31. The van der Waals surface area contributed by atoms with Crippen LogP contribution in [0.15, 0.2) is 33.5 Å². The van der Waals surface area contributed by atoms with Crippen LogP contribution in [0.4, 0.5) is 0 Å². The second kappa shape index (κ2) is 23.7. The molecule has 57 heavy (non-hydrogen) atoms. The molecule has 1 aromatic carbocycles. The Hall–Kier alpha value is -1.99. The zero-order valence-electron chi connectivity index (χ0n) is 31.4. The van der Waals surface area contributed by atoms with E-state index >= 15 is 0 Å². The summed E-state index contributed by atoms with van der Waals surface area (Å²) >= 11 is 0.